The first-order valence-electron chi connectivity index (χ1n) is 11.5. The summed E-state index contributed by atoms with van der Waals surface area (Å²) < 4.78 is 131. The van der Waals surface area contributed by atoms with Gasteiger partial charge in [0.2, 0.25) is 0 Å². The maximum Gasteiger partial charge on any atom is 0.0476 e. The molecule has 244 valence electrons. The fourth-order valence-corrected chi connectivity index (χ4v) is 8.79. The Morgan fingerprint density at radius 2 is 1.07 bits per heavy atom. The van der Waals surface area contributed by atoms with Crippen molar-refractivity contribution in [1.29, 1.82) is 0 Å². The Bertz CT molecular complexity index is 2380. The van der Waals surface area contributed by atoms with E-state index in [0.717, 1.165) is 24.3 Å². The molecule has 18 nitrogen and oxygen atoms in total. The van der Waals surface area contributed by atoms with Crippen LogP contribution in [-0.2, 0) is 34.1 Å². The van der Waals surface area contributed by atoms with Crippen LogP contribution in [0.25, 0.3) is 10.8 Å². The van der Waals surface area contributed by atoms with Gasteiger partial charge in [-0.1, -0.05) is 0 Å². The molecule has 0 aromatic heterocycles. The van der Waals surface area contributed by atoms with Crippen LogP contribution >= 0.6 is 31.9 Å². The van der Waals surface area contributed by atoms with Crippen molar-refractivity contribution in [2.24, 2.45) is 20.5 Å². The van der Waals surface area contributed by atoms with Gasteiger partial charge in [-0.15, -0.1) is 0 Å². The van der Waals surface area contributed by atoms with Gasteiger partial charge in [0, 0.05) is 8.95 Å². The van der Waals surface area contributed by atoms with Crippen LogP contribution in [0.5, 0.6) is 11.5 Å². The van der Waals surface area contributed by atoms with Crippen LogP contribution in [0, 0.1) is 0 Å². The fourth-order valence-electron chi connectivity index (χ4n) is 3.83. The Morgan fingerprint density at radius 3 is 1.50 bits per heavy atom. The van der Waals surface area contributed by atoms with Gasteiger partial charge < -0.3 is 0 Å². The van der Waals surface area contributed by atoms with E-state index in [4.69, 9.17) is 0 Å². The van der Waals surface area contributed by atoms with E-state index in [0.29, 0.717) is 12.1 Å². The number of phenols is 2. The molecule has 46 heavy (non-hydrogen) atoms. The standard InChI is InChI=1S/C22H15AsBr2N4O14S3/c24-12-7-10(44(35,36)37)8-13(25)18(12)27-29-20-16(46(41,42)43)6-9-5-15(45(38,39)40)19(21(30)17(9)22(20)31)28-26-14-4-2-1-3-11(14)23(32,33)34/h1-8,30-31H,(H2,32,33,34)(H,35,36,37)(H,38,39,40)(H,41,42,43). The zero-order chi connectivity index (χ0) is 34.6. The second kappa shape index (κ2) is 12.5. The van der Waals surface area contributed by atoms with Gasteiger partial charge >= 0.3 is 199 Å². The number of hydrogen-bond donors (Lipinski definition) is 7. The molecule has 0 aliphatic carbocycles. The molecule has 0 aliphatic heterocycles. The first-order chi connectivity index (χ1) is 21.0. The van der Waals surface area contributed by atoms with E-state index in [1.807, 2.05) is 0 Å². The van der Waals surface area contributed by atoms with Crippen molar-refractivity contribution in [3.05, 3.63) is 57.5 Å². The van der Waals surface area contributed by atoms with Gasteiger partial charge in [0.15, 0.2) is 0 Å². The maximum atomic E-state index is 12.3. The zero-order valence-electron chi connectivity index (χ0n) is 21.8. The summed E-state index contributed by atoms with van der Waals surface area (Å²) in [5.74, 6) is -2.48. The molecule has 0 heterocycles. The largest absolute Gasteiger partial charge is 0.0483 e. The topological polar surface area (TPSA) is 311 Å². The summed E-state index contributed by atoms with van der Waals surface area (Å²) >= 11 is 0.383. The van der Waals surface area contributed by atoms with E-state index in [2.05, 4.69) is 52.3 Å². The number of rotatable bonds is 8. The molecule has 0 unspecified atom stereocenters. The third-order valence-corrected chi connectivity index (χ3v) is 11.7. The van der Waals surface area contributed by atoms with Crippen molar-refractivity contribution in [3.8, 4) is 11.5 Å². The molecule has 4 aromatic rings. The van der Waals surface area contributed by atoms with E-state index in [-0.39, 0.29) is 14.6 Å². The molecular formula is C22H15AsBr2N4O14S3. The normalized spacial score (nSPS) is 13.3. The van der Waals surface area contributed by atoms with Crippen LogP contribution < -0.4 is 4.35 Å². The van der Waals surface area contributed by atoms with Gasteiger partial charge in [-0.3, -0.25) is 4.55 Å². The van der Waals surface area contributed by atoms with Crippen molar-refractivity contribution >= 4 is 114 Å². The predicted molar refractivity (Wildman–Crippen MR) is 164 cm³/mol. The summed E-state index contributed by atoms with van der Waals surface area (Å²) in [4.78, 5) is -2.94. The summed E-state index contributed by atoms with van der Waals surface area (Å²) in [6.07, 6.45) is 0. The van der Waals surface area contributed by atoms with E-state index < -0.39 is 103 Å². The second-order valence-corrected chi connectivity index (χ2v) is 18.0. The SMILES string of the molecule is O=S(=O)(O)c1cc(Br)c(N=Nc2c(S(=O)(=O)O)cc3cc(S(=O)(=O)O)c(N=Nc4ccccc4[As](=O)(O)O)c(O)c3c2O)c(Br)c1. The average Bonchev–Trinajstić information content (AvgIpc) is 2.90. The van der Waals surface area contributed by atoms with Gasteiger partial charge in [0.1, 0.15) is 0 Å². The molecule has 24 heteroatoms. The quantitative estimate of drug-likeness (QED) is 0.0750. The first kappa shape index (κ1) is 35.8. The van der Waals surface area contributed by atoms with Gasteiger partial charge in [-0.05, 0) is 44.0 Å². The Kier molecular flexibility index (Phi) is 9.72. The van der Waals surface area contributed by atoms with Gasteiger partial charge in [0.25, 0.3) is 10.1 Å². The number of phenolic OH excluding ortho intramolecular Hbond substituents is 2. The summed E-state index contributed by atoms with van der Waals surface area (Å²) in [6, 6.07) is 7.61. The van der Waals surface area contributed by atoms with Crippen LogP contribution in [0.4, 0.5) is 22.7 Å². The van der Waals surface area contributed by atoms with Crippen LogP contribution in [0.1, 0.15) is 0 Å². The molecule has 0 saturated heterocycles. The summed E-state index contributed by atoms with van der Waals surface area (Å²) in [5, 5.41) is 35.3. The number of fused-ring (bicyclic) bond motifs is 1. The minimum Gasteiger partial charge on any atom is -0.0483 e. The molecule has 0 atom stereocenters. The second-order valence-electron chi connectivity index (χ2n) is 8.84. The van der Waals surface area contributed by atoms with E-state index in [9.17, 15) is 61.1 Å². The molecule has 0 amide bonds. The molecule has 7 N–H and O–H groups in total. The molecule has 0 aliphatic rings. The number of benzene rings is 4. The number of hydrogen-bond acceptors (Lipinski definition) is 13. The van der Waals surface area contributed by atoms with Gasteiger partial charge in [-0.2, -0.15) is 8.42 Å². The Hall–Kier alpha value is -3.09. The molecule has 0 fully saturated rings. The maximum absolute atomic E-state index is 12.3. The number of aromatic hydroxyl groups is 2. The van der Waals surface area contributed by atoms with Crippen LogP contribution in [0.2, 0.25) is 0 Å². The number of halogens is 2. The van der Waals surface area contributed by atoms with Gasteiger partial charge in [0.05, 0.1) is 4.90 Å². The Balaban J connectivity index is 2.04. The van der Waals surface area contributed by atoms with Crippen molar-refractivity contribution in [3.63, 3.8) is 0 Å². The van der Waals surface area contributed by atoms with Crippen LogP contribution in [-0.4, -0.2) is 71.5 Å². The van der Waals surface area contributed by atoms with E-state index in [1.54, 1.807) is 0 Å². The Morgan fingerprint density at radius 1 is 0.630 bits per heavy atom. The number of azo groups is 2. The minimum absolute atomic E-state index is 0.118. The molecular weight excluding hydrogens is 875 g/mol. The van der Waals surface area contributed by atoms with Crippen molar-refractivity contribution < 1.29 is 61.1 Å². The smallest absolute Gasteiger partial charge is 0.0476 e. The Labute approximate surface area is 277 Å². The van der Waals surface area contributed by atoms with E-state index in [1.165, 1.54) is 12.1 Å². The monoisotopic (exact) mass is 888 g/mol. The molecule has 0 radical (unpaired) electrons. The van der Waals surface area contributed by atoms with Crippen molar-refractivity contribution in [2.75, 3.05) is 0 Å². The van der Waals surface area contributed by atoms with E-state index >= 15 is 0 Å². The molecule has 0 bridgehead atoms. The van der Waals surface area contributed by atoms with Crippen LogP contribution in [0.15, 0.2) is 92.6 Å². The predicted octanol–water partition coefficient (Wildman–Crippen LogP) is 3.91. The number of nitrogens with zero attached hydrogens (tertiary/aromatic N) is 4. The molecule has 4 rings (SSSR count). The van der Waals surface area contributed by atoms with Crippen molar-refractivity contribution in [1.82, 2.24) is 0 Å². The molecule has 4 aromatic carbocycles. The first-order valence-corrected chi connectivity index (χ1v) is 20.8. The van der Waals surface area contributed by atoms with Crippen LogP contribution in [0.3, 0.4) is 0 Å². The van der Waals surface area contributed by atoms with Gasteiger partial charge in [-0.25, -0.2) is 0 Å². The summed E-state index contributed by atoms with van der Waals surface area (Å²) in [6.45, 7) is 0. The minimum atomic E-state index is -5.62. The zero-order valence-corrected chi connectivity index (χ0v) is 29.3. The summed E-state index contributed by atoms with van der Waals surface area (Å²) in [5.41, 5.74) is -2.77. The third kappa shape index (κ3) is 7.39. The third-order valence-electron chi connectivity index (χ3n) is 5.80. The average molecular weight is 890 g/mol. The molecule has 0 saturated carbocycles. The molecule has 0 spiro atoms. The summed E-state index contributed by atoms with van der Waals surface area (Å²) in [7, 11) is -15.3. The van der Waals surface area contributed by atoms with Crippen molar-refractivity contribution in [2.45, 2.75) is 14.7 Å². The fraction of sp³-hybridized carbons (Fsp3) is 0.